The molecule has 96 valence electrons. The lowest BCUT2D eigenvalue weighted by molar-refractivity contribution is -0.150. The van der Waals surface area contributed by atoms with E-state index in [2.05, 4.69) is 13.0 Å². The molecule has 1 fully saturated rings. The Bertz CT molecular complexity index is 321. The molecule has 0 aromatic heterocycles. The fraction of sp³-hybridized carbons (Fsp3) is 0.786. The van der Waals surface area contributed by atoms with Gasteiger partial charge in [-0.05, 0) is 50.0 Å². The number of ether oxygens (including phenoxy) is 1. The Morgan fingerprint density at radius 1 is 1.47 bits per heavy atom. The molecule has 0 radical (unpaired) electrons. The van der Waals surface area contributed by atoms with Crippen LogP contribution in [0.15, 0.2) is 11.6 Å². The van der Waals surface area contributed by atoms with Crippen LogP contribution in [-0.2, 0) is 9.53 Å². The molecule has 2 aliphatic carbocycles. The van der Waals surface area contributed by atoms with Crippen molar-refractivity contribution >= 4 is 5.97 Å². The highest BCUT2D eigenvalue weighted by molar-refractivity contribution is 5.73. The summed E-state index contributed by atoms with van der Waals surface area (Å²) in [6.45, 7) is 4.37. The first kappa shape index (κ1) is 12.6. The number of rotatable bonds is 2. The fourth-order valence-corrected chi connectivity index (χ4v) is 3.18. The molecule has 4 unspecified atom stereocenters. The van der Waals surface area contributed by atoms with E-state index in [1.807, 2.05) is 6.92 Å². The van der Waals surface area contributed by atoms with Gasteiger partial charge in [-0.2, -0.15) is 0 Å². The van der Waals surface area contributed by atoms with Crippen molar-refractivity contribution in [2.75, 3.05) is 6.61 Å². The molecule has 0 aromatic carbocycles. The summed E-state index contributed by atoms with van der Waals surface area (Å²) in [5, 5.41) is 10.2. The molecule has 17 heavy (non-hydrogen) atoms. The van der Waals surface area contributed by atoms with Crippen LogP contribution in [0.4, 0.5) is 0 Å². The number of carbonyl (C=O) groups is 1. The van der Waals surface area contributed by atoms with Crippen LogP contribution in [0.1, 0.15) is 39.5 Å². The van der Waals surface area contributed by atoms with Gasteiger partial charge in [0.25, 0.3) is 0 Å². The summed E-state index contributed by atoms with van der Waals surface area (Å²) < 4.78 is 5.14. The highest BCUT2D eigenvalue weighted by Gasteiger charge is 2.40. The Kier molecular flexibility index (Phi) is 3.87. The van der Waals surface area contributed by atoms with E-state index in [9.17, 15) is 9.90 Å². The topological polar surface area (TPSA) is 46.5 Å². The number of hydrogen-bond donors (Lipinski definition) is 1. The standard InChI is InChI=1S/C14H22O3/c1-3-17-14(16)12-6-4-5-11-10(12)8-7-9(2)13(11)15/h5,9-10,12-13,15H,3-4,6-8H2,1-2H3. The number of esters is 1. The molecule has 0 spiro atoms. The highest BCUT2D eigenvalue weighted by Crippen LogP contribution is 2.42. The van der Waals surface area contributed by atoms with Crippen LogP contribution < -0.4 is 0 Å². The van der Waals surface area contributed by atoms with Crippen LogP contribution in [0, 0.1) is 17.8 Å². The molecule has 0 aromatic rings. The zero-order valence-corrected chi connectivity index (χ0v) is 10.7. The quantitative estimate of drug-likeness (QED) is 0.593. The van der Waals surface area contributed by atoms with E-state index in [0.29, 0.717) is 12.5 Å². The second-order valence-corrected chi connectivity index (χ2v) is 5.25. The van der Waals surface area contributed by atoms with E-state index in [-0.39, 0.29) is 23.9 Å². The number of aliphatic hydroxyl groups excluding tert-OH is 1. The Morgan fingerprint density at radius 2 is 2.24 bits per heavy atom. The lowest BCUT2D eigenvalue weighted by atomic mass is 9.67. The van der Waals surface area contributed by atoms with Gasteiger partial charge in [0.05, 0.1) is 18.6 Å². The Balaban J connectivity index is 2.14. The zero-order valence-electron chi connectivity index (χ0n) is 10.7. The first-order valence-electron chi connectivity index (χ1n) is 6.69. The minimum atomic E-state index is -0.356. The van der Waals surface area contributed by atoms with Gasteiger partial charge >= 0.3 is 5.97 Å². The summed E-state index contributed by atoms with van der Waals surface area (Å²) >= 11 is 0. The van der Waals surface area contributed by atoms with Crippen molar-refractivity contribution in [1.82, 2.24) is 0 Å². The summed E-state index contributed by atoms with van der Waals surface area (Å²) in [6, 6.07) is 0. The monoisotopic (exact) mass is 238 g/mol. The largest absolute Gasteiger partial charge is 0.466 e. The number of carbonyl (C=O) groups excluding carboxylic acids is 1. The molecule has 0 amide bonds. The third-order valence-corrected chi connectivity index (χ3v) is 4.17. The first-order chi connectivity index (χ1) is 8.15. The molecule has 2 rings (SSSR count). The molecule has 3 heteroatoms. The predicted molar refractivity (Wildman–Crippen MR) is 65.3 cm³/mol. The minimum absolute atomic E-state index is 0.0305. The van der Waals surface area contributed by atoms with Crippen molar-refractivity contribution in [2.24, 2.45) is 17.8 Å². The zero-order chi connectivity index (χ0) is 12.4. The van der Waals surface area contributed by atoms with Crippen LogP contribution in [0.2, 0.25) is 0 Å². The maximum atomic E-state index is 11.9. The van der Waals surface area contributed by atoms with E-state index in [1.165, 1.54) is 0 Å². The molecule has 1 saturated carbocycles. The Hall–Kier alpha value is -0.830. The molecular formula is C14H22O3. The van der Waals surface area contributed by atoms with Crippen molar-refractivity contribution in [3.8, 4) is 0 Å². The third-order valence-electron chi connectivity index (χ3n) is 4.17. The number of hydrogen-bond acceptors (Lipinski definition) is 3. The molecule has 1 N–H and O–H groups in total. The van der Waals surface area contributed by atoms with Crippen molar-refractivity contribution in [1.29, 1.82) is 0 Å². The summed E-state index contributed by atoms with van der Waals surface area (Å²) in [7, 11) is 0. The van der Waals surface area contributed by atoms with Crippen molar-refractivity contribution in [3.63, 3.8) is 0 Å². The second-order valence-electron chi connectivity index (χ2n) is 5.25. The van der Waals surface area contributed by atoms with Crippen molar-refractivity contribution in [3.05, 3.63) is 11.6 Å². The summed E-state index contributed by atoms with van der Waals surface area (Å²) in [6.07, 6.45) is 5.55. The number of aliphatic hydroxyl groups is 1. The van der Waals surface area contributed by atoms with Gasteiger partial charge in [-0.25, -0.2) is 0 Å². The van der Waals surface area contributed by atoms with Crippen LogP contribution in [-0.4, -0.2) is 23.8 Å². The van der Waals surface area contributed by atoms with Gasteiger partial charge in [0.2, 0.25) is 0 Å². The van der Waals surface area contributed by atoms with Gasteiger partial charge in [0, 0.05) is 0 Å². The lowest BCUT2D eigenvalue weighted by Crippen LogP contribution is -2.39. The average Bonchev–Trinajstić information content (AvgIpc) is 2.33. The smallest absolute Gasteiger partial charge is 0.309 e. The predicted octanol–water partition coefficient (Wildman–Crippen LogP) is 2.29. The summed E-state index contributed by atoms with van der Waals surface area (Å²) in [5.41, 5.74) is 1.09. The molecule has 0 bridgehead atoms. The van der Waals surface area contributed by atoms with Gasteiger partial charge in [0.15, 0.2) is 0 Å². The van der Waals surface area contributed by atoms with Gasteiger partial charge in [-0.3, -0.25) is 4.79 Å². The van der Waals surface area contributed by atoms with Gasteiger partial charge in [-0.1, -0.05) is 13.0 Å². The molecule has 0 heterocycles. The molecule has 4 atom stereocenters. The van der Waals surface area contributed by atoms with Crippen molar-refractivity contribution < 1.29 is 14.6 Å². The van der Waals surface area contributed by atoms with E-state index < -0.39 is 0 Å². The minimum Gasteiger partial charge on any atom is -0.466 e. The van der Waals surface area contributed by atoms with E-state index in [1.54, 1.807) is 0 Å². The Labute approximate surface area is 103 Å². The Morgan fingerprint density at radius 3 is 2.94 bits per heavy atom. The molecule has 2 aliphatic rings. The van der Waals surface area contributed by atoms with E-state index >= 15 is 0 Å². The van der Waals surface area contributed by atoms with E-state index in [4.69, 9.17) is 4.74 Å². The summed E-state index contributed by atoms with van der Waals surface area (Å²) in [5.74, 6) is 0.425. The van der Waals surface area contributed by atoms with Crippen LogP contribution in [0.3, 0.4) is 0 Å². The number of allylic oxidation sites excluding steroid dienone is 1. The lowest BCUT2D eigenvalue weighted by Gasteiger charge is -2.40. The average molecular weight is 238 g/mol. The molecule has 3 nitrogen and oxygen atoms in total. The maximum Gasteiger partial charge on any atom is 0.309 e. The maximum absolute atomic E-state index is 11.9. The van der Waals surface area contributed by atoms with Gasteiger partial charge in [-0.15, -0.1) is 0 Å². The fourth-order valence-electron chi connectivity index (χ4n) is 3.18. The molecule has 0 saturated heterocycles. The van der Waals surface area contributed by atoms with Crippen LogP contribution in [0.25, 0.3) is 0 Å². The first-order valence-corrected chi connectivity index (χ1v) is 6.69. The van der Waals surface area contributed by atoms with Gasteiger partial charge in [0.1, 0.15) is 0 Å². The second kappa shape index (κ2) is 5.21. The molecular weight excluding hydrogens is 216 g/mol. The van der Waals surface area contributed by atoms with Gasteiger partial charge < -0.3 is 9.84 Å². The third kappa shape index (κ3) is 2.39. The van der Waals surface area contributed by atoms with E-state index in [0.717, 1.165) is 31.3 Å². The molecule has 0 aliphatic heterocycles. The van der Waals surface area contributed by atoms with Crippen LogP contribution in [0.5, 0.6) is 0 Å². The summed E-state index contributed by atoms with van der Waals surface area (Å²) in [4.78, 5) is 11.9. The normalized spacial score (nSPS) is 37.0. The SMILES string of the molecule is CCOC(=O)C1CCC=C2C(O)C(C)CCC21. The number of fused-ring (bicyclic) bond motifs is 1. The van der Waals surface area contributed by atoms with Crippen LogP contribution >= 0.6 is 0 Å². The highest BCUT2D eigenvalue weighted by atomic mass is 16.5. The van der Waals surface area contributed by atoms with Crippen molar-refractivity contribution in [2.45, 2.75) is 45.6 Å².